The molecule has 0 radical (unpaired) electrons. The number of nitrogens with zero attached hydrogens (tertiary/aromatic N) is 1. The number of fused-ring (bicyclic) bond motifs is 1. The van der Waals surface area contributed by atoms with Crippen molar-refractivity contribution in [2.24, 2.45) is 0 Å². The average molecular weight is 244 g/mol. The third-order valence-corrected chi connectivity index (χ3v) is 4.38. The first-order valence-corrected chi connectivity index (χ1v) is 7.35. The summed E-state index contributed by atoms with van der Waals surface area (Å²) >= 11 is 0. The van der Waals surface area contributed by atoms with Crippen LogP contribution in [0.1, 0.15) is 49.8 Å². The summed E-state index contributed by atoms with van der Waals surface area (Å²) in [5.74, 6) is 0. The van der Waals surface area contributed by atoms with Crippen molar-refractivity contribution >= 4 is 5.69 Å². The summed E-state index contributed by atoms with van der Waals surface area (Å²) in [4.78, 5) is 2.70. The molecule has 1 fully saturated rings. The molecule has 3 rings (SSSR count). The second-order valence-corrected chi connectivity index (χ2v) is 5.98. The van der Waals surface area contributed by atoms with Gasteiger partial charge < -0.3 is 5.32 Å². The van der Waals surface area contributed by atoms with Gasteiger partial charge in [-0.25, -0.2) is 0 Å². The molecule has 98 valence electrons. The summed E-state index contributed by atoms with van der Waals surface area (Å²) in [5.41, 5.74) is 4.23. The highest BCUT2D eigenvalue weighted by Crippen LogP contribution is 2.38. The average Bonchev–Trinajstić information content (AvgIpc) is 2.38. The molecule has 0 saturated carbocycles. The van der Waals surface area contributed by atoms with Crippen LogP contribution >= 0.6 is 0 Å². The van der Waals surface area contributed by atoms with E-state index >= 15 is 0 Å². The Hall–Kier alpha value is -1.02. The molecule has 0 spiro atoms. The summed E-state index contributed by atoms with van der Waals surface area (Å²) in [7, 11) is 0. The highest BCUT2D eigenvalue weighted by molar-refractivity contribution is 5.57. The van der Waals surface area contributed by atoms with Gasteiger partial charge in [0.25, 0.3) is 0 Å². The third-order valence-electron chi connectivity index (χ3n) is 4.38. The summed E-state index contributed by atoms with van der Waals surface area (Å²) in [6.07, 6.45) is 5.41. The van der Waals surface area contributed by atoms with E-state index in [4.69, 9.17) is 0 Å². The van der Waals surface area contributed by atoms with E-state index in [1.54, 1.807) is 0 Å². The van der Waals surface area contributed by atoms with E-state index in [9.17, 15) is 0 Å². The minimum Gasteiger partial charge on any atom is -0.382 e. The number of benzene rings is 1. The van der Waals surface area contributed by atoms with Crippen LogP contribution in [-0.4, -0.2) is 24.0 Å². The molecular weight excluding hydrogens is 220 g/mol. The number of hydrogen-bond donors (Lipinski definition) is 1. The lowest BCUT2D eigenvalue weighted by Crippen LogP contribution is -2.39. The van der Waals surface area contributed by atoms with Gasteiger partial charge in [0.2, 0.25) is 0 Å². The van der Waals surface area contributed by atoms with Gasteiger partial charge >= 0.3 is 0 Å². The minimum atomic E-state index is 0.589. The van der Waals surface area contributed by atoms with E-state index in [0.29, 0.717) is 12.1 Å². The van der Waals surface area contributed by atoms with Crippen LogP contribution in [0.5, 0.6) is 0 Å². The SMILES string of the molecule is Cc1ccc2c(c1)NC(C)CC2N1CCCCC1. The number of nitrogens with one attached hydrogen (secondary N) is 1. The lowest BCUT2D eigenvalue weighted by molar-refractivity contribution is 0.149. The largest absolute Gasteiger partial charge is 0.382 e. The zero-order valence-electron chi connectivity index (χ0n) is 11.6. The van der Waals surface area contributed by atoms with Crippen LogP contribution in [0.2, 0.25) is 0 Å². The number of aryl methyl sites for hydroxylation is 1. The predicted molar refractivity (Wildman–Crippen MR) is 77.0 cm³/mol. The highest BCUT2D eigenvalue weighted by atomic mass is 15.2. The van der Waals surface area contributed by atoms with Gasteiger partial charge in [-0.05, 0) is 63.4 Å². The van der Waals surface area contributed by atoms with Crippen molar-refractivity contribution < 1.29 is 0 Å². The van der Waals surface area contributed by atoms with Gasteiger partial charge in [-0.15, -0.1) is 0 Å². The molecule has 0 aromatic heterocycles. The molecule has 2 aliphatic heterocycles. The van der Waals surface area contributed by atoms with Crippen molar-refractivity contribution in [2.75, 3.05) is 18.4 Å². The summed E-state index contributed by atoms with van der Waals surface area (Å²) in [5, 5.41) is 3.64. The first-order valence-electron chi connectivity index (χ1n) is 7.35. The van der Waals surface area contributed by atoms with Gasteiger partial charge in [-0.1, -0.05) is 18.6 Å². The molecular formula is C16H24N2. The van der Waals surface area contributed by atoms with E-state index < -0.39 is 0 Å². The van der Waals surface area contributed by atoms with Gasteiger partial charge in [0, 0.05) is 17.8 Å². The van der Waals surface area contributed by atoms with E-state index in [2.05, 4.69) is 42.3 Å². The van der Waals surface area contributed by atoms with Crippen LogP contribution in [0.25, 0.3) is 0 Å². The fourth-order valence-corrected chi connectivity index (χ4v) is 3.45. The van der Waals surface area contributed by atoms with Crippen molar-refractivity contribution in [1.82, 2.24) is 4.90 Å². The van der Waals surface area contributed by atoms with Crippen LogP contribution in [0.4, 0.5) is 5.69 Å². The molecule has 2 aliphatic rings. The number of piperidine rings is 1. The molecule has 0 aliphatic carbocycles. The standard InChI is InChI=1S/C16H24N2/c1-12-6-7-14-15(10-12)17-13(2)11-16(14)18-8-4-3-5-9-18/h6-7,10,13,16-17H,3-5,8-9,11H2,1-2H3. The number of anilines is 1. The number of hydrogen-bond acceptors (Lipinski definition) is 2. The number of likely N-dealkylation sites (tertiary alicyclic amines) is 1. The molecule has 1 aromatic carbocycles. The molecule has 2 nitrogen and oxygen atoms in total. The molecule has 1 saturated heterocycles. The maximum Gasteiger partial charge on any atom is 0.0393 e. The van der Waals surface area contributed by atoms with Crippen LogP contribution in [0, 0.1) is 6.92 Å². The Bertz CT molecular complexity index is 421. The predicted octanol–water partition coefficient (Wildman–Crippen LogP) is 3.73. The monoisotopic (exact) mass is 244 g/mol. The topological polar surface area (TPSA) is 15.3 Å². The third kappa shape index (κ3) is 2.26. The van der Waals surface area contributed by atoms with Gasteiger partial charge in [-0.3, -0.25) is 4.90 Å². The smallest absolute Gasteiger partial charge is 0.0393 e. The van der Waals surface area contributed by atoms with Crippen molar-refractivity contribution in [3.8, 4) is 0 Å². The summed E-state index contributed by atoms with van der Waals surface area (Å²) < 4.78 is 0. The fourth-order valence-electron chi connectivity index (χ4n) is 3.45. The van der Waals surface area contributed by atoms with Crippen LogP contribution < -0.4 is 5.32 Å². The van der Waals surface area contributed by atoms with E-state index in [0.717, 1.165) is 0 Å². The van der Waals surface area contributed by atoms with Crippen molar-refractivity contribution in [1.29, 1.82) is 0 Å². The van der Waals surface area contributed by atoms with Crippen LogP contribution in [0.3, 0.4) is 0 Å². The molecule has 2 heteroatoms. The Balaban J connectivity index is 1.91. The Kier molecular flexibility index (Phi) is 3.29. The molecule has 1 aromatic rings. The second-order valence-electron chi connectivity index (χ2n) is 5.98. The van der Waals surface area contributed by atoms with E-state index in [-0.39, 0.29) is 0 Å². The lowest BCUT2D eigenvalue weighted by Gasteiger charge is -2.40. The maximum absolute atomic E-state index is 3.64. The zero-order chi connectivity index (χ0) is 12.5. The van der Waals surface area contributed by atoms with Gasteiger partial charge in [0.15, 0.2) is 0 Å². The quantitative estimate of drug-likeness (QED) is 0.810. The Morgan fingerprint density at radius 1 is 1.17 bits per heavy atom. The Morgan fingerprint density at radius 3 is 2.72 bits per heavy atom. The summed E-state index contributed by atoms with van der Waals surface area (Å²) in [6.45, 7) is 7.05. The summed E-state index contributed by atoms with van der Waals surface area (Å²) in [6, 6.07) is 8.13. The lowest BCUT2D eigenvalue weighted by atomic mass is 9.90. The molecule has 1 N–H and O–H groups in total. The van der Waals surface area contributed by atoms with Gasteiger partial charge in [0.05, 0.1) is 0 Å². The van der Waals surface area contributed by atoms with Crippen LogP contribution in [0.15, 0.2) is 18.2 Å². The molecule has 2 heterocycles. The van der Waals surface area contributed by atoms with Crippen molar-refractivity contribution in [3.63, 3.8) is 0 Å². The first-order chi connectivity index (χ1) is 8.74. The minimum absolute atomic E-state index is 0.589. The number of rotatable bonds is 1. The Morgan fingerprint density at radius 2 is 1.94 bits per heavy atom. The molecule has 2 unspecified atom stereocenters. The second kappa shape index (κ2) is 4.93. The van der Waals surface area contributed by atoms with Crippen molar-refractivity contribution in [3.05, 3.63) is 29.3 Å². The van der Waals surface area contributed by atoms with Crippen LogP contribution in [-0.2, 0) is 0 Å². The van der Waals surface area contributed by atoms with Crippen molar-refractivity contribution in [2.45, 2.75) is 51.6 Å². The molecule has 2 atom stereocenters. The Labute approximate surface area is 110 Å². The first kappa shape index (κ1) is 12.0. The van der Waals surface area contributed by atoms with E-state index in [1.165, 1.54) is 55.6 Å². The maximum atomic E-state index is 3.64. The van der Waals surface area contributed by atoms with Gasteiger partial charge in [0.1, 0.15) is 0 Å². The van der Waals surface area contributed by atoms with Gasteiger partial charge in [-0.2, -0.15) is 0 Å². The zero-order valence-corrected chi connectivity index (χ0v) is 11.6. The highest BCUT2D eigenvalue weighted by Gasteiger charge is 2.29. The fraction of sp³-hybridized carbons (Fsp3) is 0.625. The molecule has 18 heavy (non-hydrogen) atoms. The molecule has 0 bridgehead atoms. The normalized spacial score (nSPS) is 28.6. The molecule has 0 amide bonds. The van der Waals surface area contributed by atoms with E-state index in [1.807, 2.05) is 0 Å².